The summed E-state index contributed by atoms with van der Waals surface area (Å²) in [6, 6.07) is -0.471. The molecule has 1 fully saturated rings. The lowest BCUT2D eigenvalue weighted by atomic mass is 9.88. The topological polar surface area (TPSA) is 116 Å². The zero-order valence-electron chi connectivity index (χ0n) is 8.24. The van der Waals surface area contributed by atoms with Crippen LogP contribution in [-0.4, -0.2) is 33.4 Å². The van der Waals surface area contributed by atoms with E-state index in [0.717, 1.165) is 0 Å². The molecule has 1 aliphatic rings. The number of nitrogens with two attached hydrogens (primary N) is 1. The van der Waals surface area contributed by atoms with E-state index in [4.69, 9.17) is 5.73 Å². The Bertz CT molecular complexity index is 374. The van der Waals surface area contributed by atoms with Gasteiger partial charge in [0, 0.05) is 18.9 Å². The second-order valence-electron chi connectivity index (χ2n) is 3.70. The first kappa shape index (κ1) is 9.94. The molecule has 0 bridgehead atoms. The monoisotopic (exact) mass is 211 g/mol. The third-order valence-electron chi connectivity index (χ3n) is 2.72. The van der Waals surface area contributed by atoms with Crippen molar-refractivity contribution in [2.45, 2.75) is 18.2 Å². The van der Waals surface area contributed by atoms with Crippen molar-refractivity contribution in [3.05, 3.63) is 18.2 Å². The van der Waals surface area contributed by atoms with Crippen molar-refractivity contribution in [3.63, 3.8) is 0 Å². The Balaban J connectivity index is 2.50. The summed E-state index contributed by atoms with van der Waals surface area (Å²) in [5, 5.41) is 15.1. The maximum absolute atomic E-state index is 11.2. The third kappa shape index (κ3) is 1.20. The first-order valence-corrected chi connectivity index (χ1v) is 4.54. The molecule has 2 amide bonds. The molecule has 2 atom stereocenters. The van der Waals surface area contributed by atoms with E-state index in [1.54, 1.807) is 6.20 Å². The number of H-pyrrole nitrogens is 1. The van der Waals surface area contributed by atoms with Crippen LogP contribution in [0, 0.1) is 0 Å². The van der Waals surface area contributed by atoms with Crippen molar-refractivity contribution < 1.29 is 9.90 Å². The molecule has 7 nitrogen and oxygen atoms in total. The fourth-order valence-electron chi connectivity index (χ4n) is 1.81. The summed E-state index contributed by atoms with van der Waals surface area (Å²) < 4.78 is 0. The average Bonchev–Trinajstić information content (AvgIpc) is 2.71. The van der Waals surface area contributed by atoms with Crippen LogP contribution in [0.1, 0.15) is 12.7 Å². The van der Waals surface area contributed by atoms with Crippen LogP contribution in [0.2, 0.25) is 0 Å². The van der Waals surface area contributed by atoms with Crippen LogP contribution in [0.4, 0.5) is 4.79 Å². The Kier molecular flexibility index (Phi) is 1.95. The van der Waals surface area contributed by atoms with Crippen LogP contribution in [0.25, 0.3) is 0 Å². The number of carbonyl (C=O) groups excluding carboxylic acids is 1. The van der Waals surface area contributed by atoms with E-state index < -0.39 is 17.3 Å². The molecule has 2 rings (SSSR count). The number of urea groups is 1. The molecule has 0 saturated carbocycles. The molecule has 1 unspecified atom stereocenters. The smallest absolute Gasteiger partial charge is 0.318 e. The standard InChI is InChI=1S/C8H13N5O2/c1-7(15)8(4-9,13-6(14)12-7)5-10-2-3-11-5/h2-3,15H,4,9H2,1H3,(H,10,11)(H2,12,13,14)/t7?,8-/m0/s1. The molecule has 1 saturated heterocycles. The van der Waals surface area contributed by atoms with Gasteiger partial charge in [-0.2, -0.15) is 0 Å². The molecule has 82 valence electrons. The Labute approximate surface area is 86.1 Å². The van der Waals surface area contributed by atoms with Crippen LogP contribution in [-0.2, 0) is 5.54 Å². The van der Waals surface area contributed by atoms with Crippen LogP contribution in [0.3, 0.4) is 0 Å². The zero-order chi connectivity index (χ0) is 11.1. The first-order valence-electron chi connectivity index (χ1n) is 4.54. The normalized spacial score (nSPS) is 35.0. The predicted molar refractivity (Wildman–Crippen MR) is 51.6 cm³/mol. The number of rotatable bonds is 2. The number of carbonyl (C=O) groups is 1. The minimum Gasteiger partial charge on any atom is -0.368 e. The number of aromatic amines is 1. The predicted octanol–water partition coefficient (Wildman–Crippen LogP) is -1.41. The average molecular weight is 211 g/mol. The van der Waals surface area contributed by atoms with Gasteiger partial charge in [-0.15, -0.1) is 0 Å². The van der Waals surface area contributed by atoms with E-state index in [-0.39, 0.29) is 6.54 Å². The number of imidazole rings is 1. The molecule has 1 aliphatic heterocycles. The van der Waals surface area contributed by atoms with Crippen molar-refractivity contribution in [1.29, 1.82) is 0 Å². The van der Waals surface area contributed by atoms with E-state index >= 15 is 0 Å². The molecule has 1 aromatic rings. The first-order chi connectivity index (χ1) is 7.02. The molecule has 2 heterocycles. The molecule has 0 spiro atoms. The minimum absolute atomic E-state index is 0.0340. The van der Waals surface area contributed by atoms with Gasteiger partial charge in [-0.05, 0) is 6.92 Å². The van der Waals surface area contributed by atoms with E-state index in [2.05, 4.69) is 20.6 Å². The van der Waals surface area contributed by atoms with Gasteiger partial charge in [-0.25, -0.2) is 9.78 Å². The highest BCUT2D eigenvalue weighted by Gasteiger charge is 2.56. The summed E-state index contributed by atoms with van der Waals surface area (Å²) >= 11 is 0. The maximum atomic E-state index is 11.2. The minimum atomic E-state index is -1.48. The number of amides is 2. The van der Waals surface area contributed by atoms with Gasteiger partial charge in [0.1, 0.15) is 5.82 Å². The summed E-state index contributed by atoms with van der Waals surface area (Å²) in [5.74, 6) is 0.424. The van der Waals surface area contributed by atoms with Crippen molar-refractivity contribution in [3.8, 4) is 0 Å². The van der Waals surface area contributed by atoms with Gasteiger partial charge in [-0.3, -0.25) is 0 Å². The van der Waals surface area contributed by atoms with Gasteiger partial charge in [0.15, 0.2) is 11.3 Å². The van der Waals surface area contributed by atoms with Crippen LogP contribution < -0.4 is 16.4 Å². The van der Waals surface area contributed by atoms with E-state index in [0.29, 0.717) is 5.82 Å². The molecule has 0 aromatic carbocycles. The van der Waals surface area contributed by atoms with Crippen LogP contribution >= 0.6 is 0 Å². The number of nitrogens with one attached hydrogen (secondary N) is 3. The number of aromatic nitrogens is 2. The van der Waals surface area contributed by atoms with Gasteiger partial charge in [0.2, 0.25) is 0 Å². The molecular weight excluding hydrogens is 198 g/mol. The van der Waals surface area contributed by atoms with Crippen molar-refractivity contribution in [2.75, 3.05) is 6.54 Å². The molecule has 15 heavy (non-hydrogen) atoms. The van der Waals surface area contributed by atoms with Gasteiger partial charge in [-0.1, -0.05) is 0 Å². The lowest BCUT2D eigenvalue weighted by molar-refractivity contribution is -0.0255. The second kappa shape index (κ2) is 2.94. The summed E-state index contributed by atoms with van der Waals surface area (Å²) in [6.07, 6.45) is 3.14. The molecule has 0 aliphatic carbocycles. The Morgan fingerprint density at radius 1 is 1.60 bits per heavy atom. The van der Waals surface area contributed by atoms with E-state index in [1.807, 2.05) is 0 Å². The molecule has 7 heteroatoms. The van der Waals surface area contributed by atoms with Crippen LogP contribution in [0.5, 0.6) is 0 Å². The molecule has 0 radical (unpaired) electrons. The van der Waals surface area contributed by atoms with Gasteiger partial charge in [0.05, 0.1) is 0 Å². The summed E-state index contributed by atoms with van der Waals surface area (Å²) in [4.78, 5) is 18.1. The van der Waals surface area contributed by atoms with Gasteiger partial charge < -0.3 is 26.5 Å². The Hall–Kier alpha value is -1.60. The van der Waals surface area contributed by atoms with Gasteiger partial charge >= 0.3 is 6.03 Å². The summed E-state index contributed by atoms with van der Waals surface area (Å²) in [6.45, 7) is 1.51. The van der Waals surface area contributed by atoms with Crippen molar-refractivity contribution >= 4 is 6.03 Å². The largest absolute Gasteiger partial charge is 0.368 e. The molecular formula is C8H13N5O2. The Morgan fingerprint density at radius 3 is 2.73 bits per heavy atom. The highest BCUT2D eigenvalue weighted by atomic mass is 16.3. The fraction of sp³-hybridized carbons (Fsp3) is 0.500. The zero-order valence-corrected chi connectivity index (χ0v) is 8.24. The second-order valence-corrected chi connectivity index (χ2v) is 3.70. The Morgan fingerprint density at radius 2 is 2.33 bits per heavy atom. The SMILES string of the molecule is CC1(O)NC(=O)N[C@@]1(CN)c1ncc[nH]1. The summed E-state index contributed by atoms with van der Waals surface area (Å²) in [5.41, 5.74) is 3.03. The van der Waals surface area contributed by atoms with Gasteiger partial charge in [0.25, 0.3) is 0 Å². The quantitative estimate of drug-likeness (QED) is 0.413. The third-order valence-corrected chi connectivity index (χ3v) is 2.72. The highest BCUT2D eigenvalue weighted by molar-refractivity contribution is 5.79. The number of nitrogens with zero attached hydrogens (tertiary/aromatic N) is 1. The molecule has 6 N–H and O–H groups in total. The summed E-state index contributed by atoms with van der Waals surface area (Å²) in [7, 11) is 0. The van der Waals surface area contributed by atoms with E-state index in [9.17, 15) is 9.90 Å². The molecule has 1 aromatic heterocycles. The number of hydrogen-bond acceptors (Lipinski definition) is 4. The van der Waals surface area contributed by atoms with E-state index in [1.165, 1.54) is 13.1 Å². The number of aliphatic hydroxyl groups is 1. The lowest BCUT2D eigenvalue weighted by Gasteiger charge is -2.35. The fourth-order valence-corrected chi connectivity index (χ4v) is 1.81. The number of hydrogen-bond donors (Lipinski definition) is 5. The maximum Gasteiger partial charge on any atom is 0.318 e. The van der Waals surface area contributed by atoms with Crippen LogP contribution in [0.15, 0.2) is 12.4 Å². The highest BCUT2D eigenvalue weighted by Crippen LogP contribution is 2.31. The van der Waals surface area contributed by atoms with Crippen molar-refractivity contribution in [2.24, 2.45) is 5.73 Å². The lowest BCUT2D eigenvalue weighted by Crippen LogP contribution is -2.60. The van der Waals surface area contributed by atoms with Crippen molar-refractivity contribution in [1.82, 2.24) is 20.6 Å².